The van der Waals surface area contributed by atoms with Gasteiger partial charge in [-0.1, -0.05) is 12.8 Å². The number of amides is 1. The van der Waals surface area contributed by atoms with Gasteiger partial charge in [-0.3, -0.25) is 9.59 Å². The Balaban J connectivity index is 2.09. The second kappa shape index (κ2) is 5.42. The Morgan fingerprint density at radius 1 is 1.32 bits per heavy atom. The molecule has 6 heteroatoms. The molecule has 0 bridgehead atoms. The molecule has 19 heavy (non-hydrogen) atoms. The van der Waals surface area contributed by atoms with E-state index in [0.717, 1.165) is 12.8 Å². The fraction of sp³-hybridized carbons (Fsp3) is 0.615. The van der Waals surface area contributed by atoms with Crippen LogP contribution in [0.3, 0.4) is 0 Å². The lowest BCUT2D eigenvalue weighted by Gasteiger charge is -2.28. The van der Waals surface area contributed by atoms with Crippen LogP contribution < -0.4 is 5.32 Å². The van der Waals surface area contributed by atoms with E-state index in [2.05, 4.69) is 10.3 Å². The van der Waals surface area contributed by atoms with Gasteiger partial charge in [-0.2, -0.15) is 0 Å². The molecule has 1 aliphatic rings. The van der Waals surface area contributed by atoms with E-state index in [9.17, 15) is 9.59 Å². The highest BCUT2D eigenvalue weighted by molar-refractivity contribution is 5.93. The summed E-state index contributed by atoms with van der Waals surface area (Å²) in [7, 11) is 0. The highest BCUT2D eigenvalue weighted by Gasteiger charge is 2.32. The van der Waals surface area contributed by atoms with Crippen LogP contribution in [0.4, 0.5) is 0 Å². The standard InChI is InChI=1S/C13H18N2O4/c1-7-11(19-8(2)14-7)12(16)15-10-6-4-3-5-9(10)13(17)18/h9-10H,3-6H2,1-2H3,(H,15,16)(H,17,18). The normalized spacial score (nSPS) is 23.1. The van der Waals surface area contributed by atoms with Crippen LogP contribution in [0.5, 0.6) is 0 Å². The topological polar surface area (TPSA) is 92.4 Å². The predicted octanol–water partition coefficient (Wildman–Crippen LogP) is 1.66. The van der Waals surface area contributed by atoms with E-state index in [0.29, 0.717) is 24.4 Å². The van der Waals surface area contributed by atoms with Gasteiger partial charge in [-0.25, -0.2) is 4.98 Å². The molecule has 0 aliphatic heterocycles. The van der Waals surface area contributed by atoms with Crippen molar-refractivity contribution in [3.8, 4) is 0 Å². The molecular weight excluding hydrogens is 248 g/mol. The third-order valence-electron chi connectivity index (χ3n) is 3.51. The summed E-state index contributed by atoms with van der Waals surface area (Å²) in [5.41, 5.74) is 0.526. The number of rotatable bonds is 3. The van der Waals surface area contributed by atoms with Gasteiger partial charge in [0.05, 0.1) is 11.6 Å². The first kappa shape index (κ1) is 13.6. The summed E-state index contributed by atoms with van der Waals surface area (Å²) < 4.78 is 5.24. The van der Waals surface area contributed by atoms with E-state index in [4.69, 9.17) is 9.52 Å². The smallest absolute Gasteiger partial charge is 0.308 e. The fourth-order valence-corrected chi connectivity index (χ4v) is 2.58. The van der Waals surface area contributed by atoms with E-state index in [1.165, 1.54) is 0 Å². The van der Waals surface area contributed by atoms with Crippen LogP contribution in [-0.2, 0) is 4.79 Å². The lowest BCUT2D eigenvalue weighted by molar-refractivity contribution is -0.143. The summed E-state index contributed by atoms with van der Waals surface area (Å²) in [6, 6.07) is -0.330. The van der Waals surface area contributed by atoms with Crippen molar-refractivity contribution in [1.29, 1.82) is 0 Å². The average Bonchev–Trinajstić information content (AvgIpc) is 2.69. The Hall–Kier alpha value is -1.85. The zero-order valence-corrected chi connectivity index (χ0v) is 11.1. The van der Waals surface area contributed by atoms with Crippen molar-refractivity contribution < 1.29 is 19.1 Å². The van der Waals surface area contributed by atoms with Gasteiger partial charge < -0.3 is 14.8 Å². The van der Waals surface area contributed by atoms with Crippen molar-refractivity contribution in [2.45, 2.75) is 45.6 Å². The molecule has 1 aliphatic carbocycles. The Kier molecular flexibility index (Phi) is 3.87. The third kappa shape index (κ3) is 2.94. The summed E-state index contributed by atoms with van der Waals surface area (Å²) in [5.74, 6) is -1.14. The highest BCUT2D eigenvalue weighted by atomic mass is 16.4. The number of carbonyl (C=O) groups excluding carboxylic acids is 1. The van der Waals surface area contributed by atoms with Gasteiger partial charge in [-0.15, -0.1) is 0 Å². The number of aryl methyl sites for hydroxylation is 2. The zero-order valence-electron chi connectivity index (χ0n) is 11.1. The molecule has 6 nitrogen and oxygen atoms in total. The number of aliphatic carboxylic acids is 1. The van der Waals surface area contributed by atoms with Gasteiger partial charge in [0.1, 0.15) is 0 Å². The molecule has 104 valence electrons. The van der Waals surface area contributed by atoms with Crippen LogP contribution in [-0.4, -0.2) is 28.0 Å². The lowest BCUT2D eigenvalue weighted by Crippen LogP contribution is -2.45. The largest absolute Gasteiger partial charge is 0.481 e. The first-order chi connectivity index (χ1) is 8.99. The highest BCUT2D eigenvalue weighted by Crippen LogP contribution is 2.25. The fourth-order valence-electron chi connectivity index (χ4n) is 2.58. The average molecular weight is 266 g/mol. The first-order valence-electron chi connectivity index (χ1n) is 6.46. The summed E-state index contributed by atoms with van der Waals surface area (Å²) in [5, 5.41) is 11.9. The van der Waals surface area contributed by atoms with Crippen LogP contribution >= 0.6 is 0 Å². The second-order valence-corrected chi connectivity index (χ2v) is 4.96. The van der Waals surface area contributed by atoms with E-state index < -0.39 is 11.9 Å². The number of nitrogens with zero attached hydrogens (tertiary/aromatic N) is 1. The number of oxazole rings is 1. The quantitative estimate of drug-likeness (QED) is 0.868. The molecule has 1 aromatic heterocycles. The second-order valence-electron chi connectivity index (χ2n) is 4.96. The zero-order chi connectivity index (χ0) is 14.0. The molecule has 2 unspecified atom stereocenters. The number of carbonyl (C=O) groups is 2. The lowest BCUT2D eigenvalue weighted by atomic mass is 9.84. The minimum atomic E-state index is -0.851. The minimum Gasteiger partial charge on any atom is -0.481 e. The predicted molar refractivity (Wildman–Crippen MR) is 66.8 cm³/mol. The van der Waals surface area contributed by atoms with Crippen molar-refractivity contribution in [2.75, 3.05) is 0 Å². The van der Waals surface area contributed by atoms with E-state index >= 15 is 0 Å². The molecule has 1 amide bonds. The molecule has 0 radical (unpaired) electrons. The van der Waals surface area contributed by atoms with E-state index in [1.54, 1.807) is 13.8 Å². The van der Waals surface area contributed by atoms with E-state index in [1.807, 2.05) is 0 Å². The van der Waals surface area contributed by atoms with Crippen molar-refractivity contribution in [1.82, 2.24) is 10.3 Å². The SMILES string of the molecule is Cc1nc(C)c(C(=O)NC2CCCCC2C(=O)O)o1. The van der Waals surface area contributed by atoms with Gasteiger partial charge >= 0.3 is 5.97 Å². The van der Waals surface area contributed by atoms with Crippen LogP contribution in [0.25, 0.3) is 0 Å². The number of carboxylic acids is 1. The Labute approximate surface area is 111 Å². The Morgan fingerprint density at radius 2 is 2.00 bits per heavy atom. The monoisotopic (exact) mass is 266 g/mol. The summed E-state index contributed by atoms with van der Waals surface area (Å²) in [6.07, 6.45) is 3.12. The van der Waals surface area contributed by atoms with Crippen molar-refractivity contribution in [3.63, 3.8) is 0 Å². The first-order valence-corrected chi connectivity index (χ1v) is 6.46. The van der Waals surface area contributed by atoms with Gasteiger partial charge in [0.2, 0.25) is 5.76 Å². The molecule has 2 atom stereocenters. The Bertz CT molecular complexity index is 495. The van der Waals surface area contributed by atoms with Crippen LogP contribution in [0.15, 0.2) is 4.42 Å². The number of hydrogen-bond donors (Lipinski definition) is 2. The van der Waals surface area contributed by atoms with Gasteiger partial charge in [0, 0.05) is 13.0 Å². The molecule has 2 N–H and O–H groups in total. The van der Waals surface area contributed by atoms with Crippen LogP contribution in [0.2, 0.25) is 0 Å². The maximum Gasteiger partial charge on any atom is 0.308 e. The number of hydrogen-bond acceptors (Lipinski definition) is 4. The van der Waals surface area contributed by atoms with E-state index in [-0.39, 0.29) is 17.7 Å². The molecule has 2 rings (SSSR count). The van der Waals surface area contributed by atoms with Gasteiger partial charge in [0.15, 0.2) is 5.89 Å². The molecule has 1 saturated carbocycles. The maximum atomic E-state index is 12.1. The third-order valence-corrected chi connectivity index (χ3v) is 3.51. The number of nitrogens with one attached hydrogen (secondary N) is 1. The molecule has 1 aromatic rings. The summed E-state index contributed by atoms with van der Waals surface area (Å²) >= 11 is 0. The van der Waals surface area contributed by atoms with Crippen molar-refractivity contribution in [3.05, 3.63) is 17.3 Å². The molecule has 1 heterocycles. The van der Waals surface area contributed by atoms with Crippen molar-refractivity contribution >= 4 is 11.9 Å². The van der Waals surface area contributed by atoms with Crippen LogP contribution in [0, 0.1) is 19.8 Å². The molecule has 0 saturated heterocycles. The van der Waals surface area contributed by atoms with Crippen LogP contribution in [0.1, 0.15) is 47.8 Å². The number of aromatic nitrogens is 1. The summed E-state index contributed by atoms with van der Waals surface area (Å²) in [4.78, 5) is 27.3. The number of carboxylic acid groups (broad SMARTS) is 1. The Morgan fingerprint density at radius 3 is 2.58 bits per heavy atom. The maximum absolute atomic E-state index is 12.1. The van der Waals surface area contributed by atoms with Crippen molar-refractivity contribution in [2.24, 2.45) is 5.92 Å². The molecular formula is C13H18N2O4. The molecule has 1 fully saturated rings. The molecule has 0 aromatic carbocycles. The minimum absolute atomic E-state index is 0.173. The molecule has 0 spiro atoms. The summed E-state index contributed by atoms with van der Waals surface area (Å²) in [6.45, 7) is 3.37. The van der Waals surface area contributed by atoms with Gasteiger partial charge in [-0.05, 0) is 19.8 Å². The van der Waals surface area contributed by atoms with Gasteiger partial charge in [0.25, 0.3) is 5.91 Å².